The third-order valence-electron chi connectivity index (χ3n) is 2.59. The first-order valence-corrected chi connectivity index (χ1v) is 5.71. The summed E-state index contributed by atoms with van der Waals surface area (Å²) in [6.45, 7) is 0. The Morgan fingerprint density at radius 2 is 1.90 bits per heavy atom. The lowest BCUT2D eigenvalue weighted by Gasteiger charge is -2.09. The Morgan fingerprint density at radius 1 is 1.19 bits per heavy atom. The number of halogens is 4. The van der Waals surface area contributed by atoms with Crippen molar-refractivity contribution in [3.05, 3.63) is 53.6 Å². The molecule has 0 spiro atoms. The van der Waals surface area contributed by atoms with Crippen molar-refractivity contribution in [2.45, 2.75) is 6.18 Å². The van der Waals surface area contributed by atoms with Crippen molar-refractivity contribution in [2.24, 2.45) is 10.7 Å². The van der Waals surface area contributed by atoms with Gasteiger partial charge in [-0.2, -0.15) is 13.2 Å². The average molecular weight is 298 g/mol. The van der Waals surface area contributed by atoms with Crippen LogP contribution in [0.15, 0.2) is 41.5 Å². The summed E-state index contributed by atoms with van der Waals surface area (Å²) in [5.41, 5.74) is 10.1. The average Bonchev–Trinajstić information content (AvgIpc) is 2.40. The number of aliphatic imine (C=N–C) groups is 1. The minimum Gasteiger partial charge on any atom is -0.397 e. The quantitative estimate of drug-likeness (QED) is 0.508. The molecule has 0 amide bonds. The van der Waals surface area contributed by atoms with E-state index in [0.717, 1.165) is 6.07 Å². The number of pyridine rings is 1. The van der Waals surface area contributed by atoms with E-state index in [2.05, 4.69) is 9.98 Å². The monoisotopic (exact) mass is 298 g/mol. The van der Waals surface area contributed by atoms with Gasteiger partial charge >= 0.3 is 6.18 Å². The summed E-state index contributed by atoms with van der Waals surface area (Å²) in [7, 11) is 0. The molecule has 110 valence electrons. The largest absolute Gasteiger partial charge is 0.419 e. The fourth-order valence-corrected chi connectivity index (χ4v) is 1.62. The van der Waals surface area contributed by atoms with E-state index in [0.29, 0.717) is 12.1 Å². The van der Waals surface area contributed by atoms with Crippen molar-refractivity contribution < 1.29 is 17.6 Å². The summed E-state index contributed by atoms with van der Waals surface area (Å²) >= 11 is 0. The molecule has 0 unspecified atom stereocenters. The lowest BCUT2D eigenvalue weighted by atomic mass is 10.2. The fraction of sp³-hybridized carbons (Fsp3) is 0.0769. The third kappa shape index (κ3) is 3.28. The molecule has 1 aromatic carbocycles. The van der Waals surface area contributed by atoms with Gasteiger partial charge in [0.25, 0.3) is 0 Å². The van der Waals surface area contributed by atoms with Gasteiger partial charge in [0.1, 0.15) is 11.5 Å². The standard InChI is InChI=1S/C13H10F4N4/c14-9-4-3-7(6-8(9)13(15,16)17)21-12(19)11-10(18)2-1-5-20-11/h1-6H,18H2,(H2,19,21). The molecule has 0 saturated heterocycles. The van der Waals surface area contributed by atoms with Crippen LogP contribution in [0.1, 0.15) is 11.3 Å². The Bertz CT molecular complexity index is 695. The van der Waals surface area contributed by atoms with Crippen LogP contribution in [0.25, 0.3) is 0 Å². The Labute approximate surface area is 117 Å². The van der Waals surface area contributed by atoms with E-state index in [1.54, 1.807) is 6.07 Å². The van der Waals surface area contributed by atoms with E-state index >= 15 is 0 Å². The SMILES string of the molecule is NC(=Nc1ccc(F)c(C(F)(F)F)c1)c1ncccc1N. The number of hydrogen-bond donors (Lipinski definition) is 2. The van der Waals surface area contributed by atoms with E-state index < -0.39 is 17.6 Å². The maximum absolute atomic E-state index is 13.2. The minimum absolute atomic E-state index is 0.147. The van der Waals surface area contributed by atoms with E-state index in [1.165, 1.54) is 12.3 Å². The molecule has 0 bridgehead atoms. The van der Waals surface area contributed by atoms with Gasteiger partial charge < -0.3 is 11.5 Å². The Balaban J connectivity index is 2.44. The molecular formula is C13H10F4N4. The highest BCUT2D eigenvalue weighted by molar-refractivity contribution is 6.01. The number of nitrogens with two attached hydrogens (primary N) is 2. The second kappa shape index (κ2) is 5.39. The van der Waals surface area contributed by atoms with Crippen molar-refractivity contribution in [1.29, 1.82) is 0 Å². The van der Waals surface area contributed by atoms with Crippen LogP contribution in [0.4, 0.5) is 28.9 Å². The first kappa shape index (κ1) is 14.8. The molecule has 0 atom stereocenters. The normalized spacial score (nSPS) is 12.5. The maximum Gasteiger partial charge on any atom is 0.419 e. The molecule has 21 heavy (non-hydrogen) atoms. The second-order valence-corrected chi connectivity index (χ2v) is 4.10. The Kier molecular flexibility index (Phi) is 3.79. The molecule has 0 aliphatic carbocycles. The Morgan fingerprint density at radius 3 is 2.52 bits per heavy atom. The van der Waals surface area contributed by atoms with Crippen molar-refractivity contribution in [2.75, 3.05) is 5.73 Å². The van der Waals surface area contributed by atoms with Crippen LogP contribution < -0.4 is 11.5 Å². The molecule has 2 rings (SSSR count). The van der Waals surface area contributed by atoms with Gasteiger partial charge in [-0.05, 0) is 30.3 Å². The van der Waals surface area contributed by atoms with Crippen LogP contribution in [0.3, 0.4) is 0 Å². The first-order chi connectivity index (χ1) is 9.79. The minimum atomic E-state index is -4.81. The summed E-state index contributed by atoms with van der Waals surface area (Å²) in [5, 5.41) is 0. The van der Waals surface area contributed by atoms with Gasteiger partial charge in [0.2, 0.25) is 0 Å². The number of anilines is 1. The van der Waals surface area contributed by atoms with Crippen molar-refractivity contribution in [3.8, 4) is 0 Å². The second-order valence-electron chi connectivity index (χ2n) is 4.10. The lowest BCUT2D eigenvalue weighted by molar-refractivity contribution is -0.139. The van der Waals surface area contributed by atoms with Gasteiger partial charge in [0.05, 0.1) is 16.9 Å². The van der Waals surface area contributed by atoms with Gasteiger partial charge in [-0.1, -0.05) is 0 Å². The summed E-state index contributed by atoms with van der Waals surface area (Å²) in [6.07, 6.45) is -3.39. The van der Waals surface area contributed by atoms with Crippen LogP contribution in [0.2, 0.25) is 0 Å². The summed E-state index contributed by atoms with van der Waals surface area (Å²) < 4.78 is 51.0. The molecule has 0 aliphatic heterocycles. The van der Waals surface area contributed by atoms with Crippen molar-refractivity contribution in [1.82, 2.24) is 4.98 Å². The van der Waals surface area contributed by atoms with Crippen LogP contribution in [0, 0.1) is 5.82 Å². The van der Waals surface area contributed by atoms with Crippen molar-refractivity contribution in [3.63, 3.8) is 0 Å². The van der Waals surface area contributed by atoms with Gasteiger partial charge in [0.15, 0.2) is 5.84 Å². The molecule has 0 aliphatic rings. The zero-order valence-corrected chi connectivity index (χ0v) is 10.5. The molecule has 8 heteroatoms. The number of rotatable bonds is 2. The molecular weight excluding hydrogens is 288 g/mol. The lowest BCUT2D eigenvalue weighted by Crippen LogP contribution is -2.17. The Hall–Kier alpha value is -2.64. The fourth-order valence-electron chi connectivity index (χ4n) is 1.62. The van der Waals surface area contributed by atoms with Gasteiger partial charge in [-0.15, -0.1) is 0 Å². The topological polar surface area (TPSA) is 77.3 Å². The highest BCUT2D eigenvalue weighted by atomic mass is 19.4. The van der Waals surface area contributed by atoms with E-state index in [1.807, 2.05) is 0 Å². The number of hydrogen-bond acceptors (Lipinski definition) is 3. The molecule has 4 nitrogen and oxygen atoms in total. The predicted molar refractivity (Wildman–Crippen MR) is 70.4 cm³/mol. The number of nitrogen functional groups attached to an aromatic ring is 1. The number of nitrogens with zero attached hydrogens (tertiary/aromatic N) is 2. The molecule has 0 radical (unpaired) electrons. The molecule has 1 heterocycles. The molecule has 2 aromatic rings. The molecule has 0 saturated carbocycles. The van der Waals surface area contributed by atoms with Gasteiger partial charge in [-0.25, -0.2) is 9.38 Å². The van der Waals surface area contributed by atoms with Gasteiger partial charge in [-0.3, -0.25) is 4.98 Å². The zero-order valence-electron chi connectivity index (χ0n) is 10.5. The maximum atomic E-state index is 13.2. The number of aromatic nitrogens is 1. The summed E-state index contributed by atoms with van der Waals surface area (Å²) in [5.74, 6) is -1.54. The highest BCUT2D eigenvalue weighted by Gasteiger charge is 2.34. The molecule has 4 N–H and O–H groups in total. The highest BCUT2D eigenvalue weighted by Crippen LogP contribution is 2.33. The molecule has 1 aromatic heterocycles. The van der Waals surface area contributed by atoms with Crippen LogP contribution in [-0.4, -0.2) is 10.8 Å². The van der Waals surface area contributed by atoms with Crippen LogP contribution >= 0.6 is 0 Å². The van der Waals surface area contributed by atoms with E-state index in [-0.39, 0.29) is 22.9 Å². The summed E-state index contributed by atoms with van der Waals surface area (Å²) in [4.78, 5) is 7.68. The first-order valence-electron chi connectivity index (χ1n) is 5.71. The van der Waals surface area contributed by atoms with Crippen LogP contribution in [-0.2, 0) is 6.18 Å². The van der Waals surface area contributed by atoms with E-state index in [4.69, 9.17) is 11.5 Å². The molecule has 0 fully saturated rings. The number of benzene rings is 1. The van der Waals surface area contributed by atoms with Gasteiger partial charge in [0, 0.05) is 6.20 Å². The van der Waals surface area contributed by atoms with Crippen LogP contribution in [0.5, 0.6) is 0 Å². The number of alkyl halides is 3. The summed E-state index contributed by atoms with van der Waals surface area (Å²) in [6, 6.07) is 5.43. The van der Waals surface area contributed by atoms with E-state index in [9.17, 15) is 17.6 Å². The zero-order chi connectivity index (χ0) is 15.6. The predicted octanol–water partition coefficient (Wildman–Crippen LogP) is 2.86. The third-order valence-corrected chi connectivity index (χ3v) is 2.59. The number of amidine groups is 1. The smallest absolute Gasteiger partial charge is 0.397 e. The van der Waals surface area contributed by atoms with Crippen molar-refractivity contribution >= 4 is 17.2 Å².